The number of amides is 1. The maximum Gasteiger partial charge on any atom is 0.273 e. The summed E-state index contributed by atoms with van der Waals surface area (Å²) in [7, 11) is -3.76. The van der Waals surface area contributed by atoms with Gasteiger partial charge in [-0.1, -0.05) is 48.0 Å². The Morgan fingerprint density at radius 2 is 1.78 bits per heavy atom. The monoisotopic (exact) mass is 419 g/mol. The molecule has 3 aromatic rings. The molecule has 2 N–H and O–H groups in total. The van der Waals surface area contributed by atoms with Gasteiger partial charge < -0.3 is 0 Å². The van der Waals surface area contributed by atoms with Crippen molar-refractivity contribution in [3.8, 4) is 0 Å². The van der Waals surface area contributed by atoms with Crippen LogP contribution in [0, 0.1) is 0 Å². The molecular weight excluding hydrogens is 406 g/mol. The number of hydrazone groups is 1. The molecule has 0 bridgehead atoms. The van der Waals surface area contributed by atoms with E-state index in [1.165, 1.54) is 24.4 Å². The van der Waals surface area contributed by atoms with Crippen molar-refractivity contribution in [1.82, 2.24) is 5.43 Å². The fourth-order valence-corrected chi connectivity index (χ4v) is 4.44. The molecule has 0 aliphatic rings. The van der Waals surface area contributed by atoms with Crippen molar-refractivity contribution in [2.45, 2.75) is 4.21 Å². The number of thiophene rings is 1. The van der Waals surface area contributed by atoms with Crippen LogP contribution in [0.2, 0.25) is 5.02 Å². The Kier molecular flexibility index (Phi) is 5.90. The van der Waals surface area contributed by atoms with E-state index in [1.807, 2.05) is 0 Å². The second-order valence-electron chi connectivity index (χ2n) is 5.30. The first-order valence-corrected chi connectivity index (χ1v) is 10.4. The Hall–Kier alpha value is -2.68. The minimum Gasteiger partial charge on any atom is -0.278 e. The quantitative estimate of drug-likeness (QED) is 0.468. The summed E-state index contributed by atoms with van der Waals surface area (Å²) in [6.45, 7) is 0. The molecule has 0 aliphatic heterocycles. The highest BCUT2D eigenvalue weighted by molar-refractivity contribution is 7.94. The fraction of sp³-hybridized carbons (Fsp3) is 0. The number of nitrogens with zero attached hydrogens (tertiary/aromatic N) is 1. The number of benzene rings is 2. The molecule has 3 rings (SSSR count). The third kappa shape index (κ3) is 4.73. The van der Waals surface area contributed by atoms with Crippen molar-refractivity contribution in [3.05, 3.63) is 82.2 Å². The van der Waals surface area contributed by atoms with Crippen LogP contribution in [0.25, 0.3) is 0 Å². The summed E-state index contributed by atoms with van der Waals surface area (Å²) in [6.07, 6.45) is 1.42. The number of halogens is 1. The molecule has 0 spiro atoms. The van der Waals surface area contributed by atoms with Gasteiger partial charge in [0.25, 0.3) is 15.9 Å². The van der Waals surface area contributed by atoms with Crippen LogP contribution in [0.3, 0.4) is 0 Å². The molecule has 1 heterocycles. The third-order valence-electron chi connectivity index (χ3n) is 3.45. The van der Waals surface area contributed by atoms with E-state index in [9.17, 15) is 13.2 Å². The SMILES string of the molecule is O=C(N/N=C/c1ccccc1Cl)c1ccccc1NS(=O)(=O)c1cccs1. The van der Waals surface area contributed by atoms with Crippen LogP contribution in [0.15, 0.2) is 75.4 Å². The predicted octanol–water partition coefficient (Wildman–Crippen LogP) is 3.97. The average molecular weight is 420 g/mol. The molecule has 27 heavy (non-hydrogen) atoms. The van der Waals surface area contributed by atoms with Crippen molar-refractivity contribution >= 4 is 50.8 Å². The lowest BCUT2D eigenvalue weighted by Crippen LogP contribution is -2.21. The van der Waals surface area contributed by atoms with Gasteiger partial charge in [-0.25, -0.2) is 13.8 Å². The van der Waals surface area contributed by atoms with Gasteiger partial charge in [0.15, 0.2) is 0 Å². The average Bonchev–Trinajstić information content (AvgIpc) is 3.19. The summed E-state index contributed by atoms with van der Waals surface area (Å²) < 4.78 is 27.4. The number of para-hydroxylation sites is 1. The van der Waals surface area contributed by atoms with Crippen molar-refractivity contribution in [2.75, 3.05) is 4.72 Å². The summed E-state index contributed by atoms with van der Waals surface area (Å²) in [5.74, 6) is -0.553. The summed E-state index contributed by atoms with van der Waals surface area (Å²) in [5.41, 5.74) is 3.33. The standard InChI is InChI=1S/C18H14ClN3O3S2/c19-15-8-3-1-6-13(15)12-20-21-18(23)14-7-2-4-9-16(14)22-27(24,25)17-10-5-11-26-17/h1-12,22H,(H,21,23)/b20-12+. The number of nitrogens with one attached hydrogen (secondary N) is 2. The summed E-state index contributed by atoms with van der Waals surface area (Å²) >= 11 is 7.11. The lowest BCUT2D eigenvalue weighted by molar-refractivity contribution is 0.0956. The molecule has 0 fully saturated rings. The van der Waals surface area contributed by atoms with Crippen LogP contribution in [0.5, 0.6) is 0 Å². The van der Waals surface area contributed by atoms with E-state index in [-0.39, 0.29) is 15.5 Å². The summed E-state index contributed by atoms with van der Waals surface area (Å²) in [4.78, 5) is 12.4. The Balaban J connectivity index is 1.77. The number of anilines is 1. The summed E-state index contributed by atoms with van der Waals surface area (Å²) in [6, 6.07) is 16.5. The minimum atomic E-state index is -3.76. The van der Waals surface area contributed by atoms with Crippen LogP contribution >= 0.6 is 22.9 Å². The molecule has 0 saturated carbocycles. The number of hydrogen-bond acceptors (Lipinski definition) is 5. The number of rotatable bonds is 6. The lowest BCUT2D eigenvalue weighted by Gasteiger charge is -2.10. The van der Waals surface area contributed by atoms with Gasteiger partial charge >= 0.3 is 0 Å². The van der Waals surface area contributed by atoms with Crippen LogP contribution in [-0.2, 0) is 10.0 Å². The van der Waals surface area contributed by atoms with Gasteiger partial charge in [0.1, 0.15) is 4.21 Å². The molecule has 0 unspecified atom stereocenters. The van der Waals surface area contributed by atoms with Gasteiger partial charge in [0.05, 0.1) is 17.5 Å². The highest BCUT2D eigenvalue weighted by Gasteiger charge is 2.19. The highest BCUT2D eigenvalue weighted by atomic mass is 35.5. The second kappa shape index (κ2) is 8.34. The molecular formula is C18H14ClN3O3S2. The van der Waals surface area contributed by atoms with Gasteiger partial charge in [-0.05, 0) is 29.6 Å². The van der Waals surface area contributed by atoms with Crippen LogP contribution in [-0.4, -0.2) is 20.5 Å². The van der Waals surface area contributed by atoms with Crippen LogP contribution in [0.1, 0.15) is 15.9 Å². The lowest BCUT2D eigenvalue weighted by atomic mass is 10.2. The molecule has 9 heteroatoms. The van der Waals surface area contributed by atoms with Crippen LogP contribution < -0.4 is 10.1 Å². The number of hydrogen-bond donors (Lipinski definition) is 2. The maximum atomic E-state index is 12.4. The van der Waals surface area contributed by atoms with E-state index < -0.39 is 15.9 Å². The molecule has 1 aromatic heterocycles. The Morgan fingerprint density at radius 1 is 1.04 bits per heavy atom. The molecule has 0 atom stereocenters. The van der Waals surface area contributed by atoms with Crippen molar-refractivity contribution in [1.29, 1.82) is 0 Å². The molecule has 0 saturated heterocycles. The van der Waals surface area contributed by atoms with Crippen molar-refractivity contribution < 1.29 is 13.2 Å². The van der Waals surface area contributed by atoms with Gasteiger partial charge in [-0.2, -0.15) is 5.10 Å². The number of sulfonamides is 1. The zero-order valence-electron chi connectivity index (χ0n) is 13.8. The largest absolute Gasteiger partial charge is 0.278 e. The van der Waals surface area contributed by atoms with Crippen molar-refractivity contribution in [3.63, 3.8) is 0 Å². The van der Waals surface area contributed by atoms with E-state index in [1.54, 1.807) is 47.8 Å². The van der Waals surface area contributed by atoms with Crippen LogP contribution in [0.4, 0.5) is 5.69 Å². The number of carbonyl (C=O) groups excluding carboxylic acids is 1. The zero-order valence-corrected chi connectivity index (χ0v) is 16.2. The minimum absolute atomic E-state index is 0.147. The highest BCUT2D eigenvalue weighted by Crippen LogP contribution is 2.22. The molecule has 0 aliphatic carbocycles. The Morgan fingerprint density at radius 3 is 2.52 bits per heavy atom. The molecule has 2 aromatic carbocycles. The molecule has 0 radical (unpaired) electrons. The van der Waals surface area contributed by atoms with Gasteiger partial charge in [-0.3, -0.25) is 9.52 Å². The Bertz CT molecular complexity index is 1080. The summed E-state index contributed by atoms with van der Waals surface area (Å²) in [5, 5.41) is 6.05. The first kappa shape index (κ1) is 19.1. The molecule has 6 nitrogen and oxygen atoms in total. The predicted molar refractivity (Wildman–Crippen MR) is 108 cm³/mol. The fourth-order valence-electron chi connectivity index (χ4n) is 2.18. The second-order valence-corrected chi connectivity index (χ2v) is 8.57. The van der Waals surface area contributed by atoms with Gasteiger partial charge in [-0.15, -0.1) is 11.3 Å². The van der Waals surface area contributed by atoms with E-state index in [4.69, 9.17) is 11.6 Å². The van der Waals surface area contributed by atoms with E-state index >= 15 is 0 Å². The van der Waals surface area contributed by atoms with Crippen molar-refractivity contribution in [2.24, 2.45) is 5.10 Å². The van der Waals surface area contributed by atoms with Gasteiger partial charge in [0, 0.05) is 10.6 Å². The zero-order chi connectivity index (χ0) is 19.3. The van der Waals surface area contributed by atoms with Gasteiger partial charge in [0.2, 0.25) is 0 Å². The first-order chi connectivity index (χ1) is 13.0. The Labute approximate surface area is 165 Å². The van der Waals surface area contributed by atoms with E-state index in [0.717, 1.165) is 11.3 Å². The smallest absolute Gasteiger partial charge is 0.273 e. The topological polar surface area (TPSA) is 87.6 Å². The number of carbonyl (C=O) groups is 1. The van der Waals surface area contributed by atoms with E-state index in [0.29, 0.717) is 10.6 Å². The third-order valence-corrected chi connectivity index (χ3v) is 6.56. The molecule has 138 valence electrons. The molecule has 1 amide bonds. The maximum absolute atomic E-state index is 12.4. The van der Waals surface area contributed by atoms with E-state index in [2.05, 4.69) is 15.2 Å². The normalized spacial score (nSPS) is 11.4. The first-order valence-electron chi connectivity index (χ1n) is 7.71.